The SMILES string of the molecule is Cc1c(C2CNCc3nnsc32)cnn1C. The van der Waals surface area contributed by atoms with Crippen molar-refractivity contribution in [3.8, 4) is 0 Å². The van der Waals surface area contributed by atoms with Gasteiger partial charge in [0.05, 0.1) is 16.8 Å². The molecule has 84 valence electrons. The number of nitrogens with zero attached hydrogens (tertiary/aromatic N) is 4. The average Bonchev–Trinajstić information content (AvgIpc) is 2.87. The molecule has 16 heavy (non-hydrogen) atoms. The number of nitrogens with one attached hydrogen (secondary N) is 1. The molecule has 5 nitrogen and oxygen atoms in total. The van der Waals surface area contributed by atoms with Crippen LogP contribution in [0.15, 0.2) is 6.20 Å². The molecular weight excluding hydrogens is 222 g/mol. The zero-order valence-corrected chi connectivity index (χ0v) is 10.1. The van der Waals surface area contributed by atoms with Crippen molar-refractivity contribution in [1.29, 1.82) is 0 Å². The highest BCUT2D eigenvalue weighted by atomic mass is 32.1. The predicted octanol–water partition coefficient (Wildman–Crippen LogP) is 0.815. The lowest BCUT2D eigenvalue weighted by Crippen LogP contribution is -2.28. The van der Waals surface area contributed by atoms with Crippen molar-refractivity contribution in [3.05, 3.63) is 28.0 Å². The van der Waals surface area contributed by atoms with Crippen molar-refractivity contribution in [2.45, 2.75) is 19.4 Å². The maximum absolute atomic E-state index is 4.30. The molecule has 2 aromatic rings. The van der Waals surface area contributed by atoms with Crippen LogP contribution in [0.3, 0.4) is 0 Å². The van der Waals surface area contributed by atoms with Gasteiger partial charge in [-0.3, -0.25) is 4.68 Å². The summed E-state index contributed by atoms with van der Waals surface area (Å²) in [4.78, 5) is 1.29. The summed E-state index contributed by atoms with van der Waals surface area (Å²) in [5.74, 6) is 0.359. The van der Waals surface area contributed by atoms with Crippen LogP contribution in [-0.2, 0) is 13.6 Å². The van der Waals surface area contributed by atoms with E-state index >= 15 is 0 Å². The maximum Gasteiger partial charge on any atom is 0.0932 e. The first-order valence-corrected chi connectivity index (χ1v) is 6.05. The first-order valence-electron chi connectivity index (χ1n) is 5.27. The second kappa shape index (κ2) is 3.64. The number of hydrogen-bond donors (Lipinski definition) is 1. The summed E-state index contributed by atoms with van der Waals surface area (Å²) in [5, 5.41) is 11.8. The number of aryl methyl sites for hydroxylation is 1. The van der Waals surface area contributed by atoms with E-state index in [0.717, 1.165) is 18.8 Å². The molecule has 1 aliphatic rings. The second-order valence-corrected chi connectivity index (χ2v) is 4.86. The minimum Gasteiger partial charge on any atom is -0.310 e. The van der Waals surface area contributed by atoms with E-state index in [9.17, 15) is 0 Å². The lowest BCUT2D eigenvalue weighted by atomic mass is 9.94. The third kappa shape index (κ3) is 1.37. The molecule has 0 spiro atoms. The molecule has 0 aliphatic carbocycles. The fourth-order valence-electron chi connectivity index (χ4n) is 2.14. The van der Waals surface area contributed by atoms with Crippen LogP contribution in [0.1, 0.15) is 27.7 Å². The van der Waals surface area contributed by atoms with Gasteiger partial charge in [-0.2, -0.15) is 5.10 Å². The smallest absolute Gasteiger partial charge is 0.0932 e. The molecule has 0 aromatic carbocycles. The van der Waals surface area contributed by atoms with E-state index in [1.165, 1.54) is 27.7 Å². The molecule has 0 saturated carbocycles. The molecule has 0 fully saturated rings. The van der Waals surface area contributed by atoms with E-state index in [0.29, 0.717) is 5.92 Å². The Bertz CT molecular complexity index is 515. The van der Waals surface area contributed by atoms with Crippen LogP contribution in [0.5, 0.6) is 0 Å². The van der Waals surface area contributed by atoms with Crippen molar-refractivity contribution in [3.63, 3.8) is 0 Å². The van der Waals surface area contributed by atoms with Gasteiger partial charge in [-0.1, -0.05) is 4.49 Å². The molecule has 3 heterocycles. The minimum absolute atomic E-state index is 0.359. The van der Waals surface area contributed by atoms with Gasteiger partial charge in [0.25, 0.3) is 0 Å². The van der Waals surface area contributed by atoms with Gasteiger partial charge in [-0.05, 0) is 18.5 Å². The molecule has 2 aromatic heterocycles. The monoisotopic (exact) mass is 235 g/mol. The molecule has 0 amide bonds. The summed E-state index contributed by atoms with van der Waals surface area (Å²) < 4.78 is 5.96. The third-order valence-electron chi connectivity index (χ3n) is 3.19. The van der Waals surface area contributed by atoms with Gasteiger partial charge >= 0.3 is 0 Å². The highest BCUT2D eigenvalue weighted by Crippen LogP contribution is 2.32. The summed E-state index contributed by atoms with van der Waals surface area (Å²) in [7, 11) is 1.97. The highest BCUT2D eigenvalue weighted by molar-refractivity contribution is 7.05. The second-order valence-electron chi connectivity index (χ2n) is 4.08. The predicted molar refractivity (Wildman–Crippen MR) is 61.4 cm³/mol. The maximum atomic E-state index is 4.30. The Morgan fingerprint density at radius 3 is 3.19 bits per heavy atom. The van der Waals surface area contributed by atoms with E-state index in [2.05, 4.69) is 26.9 Å². The fourth-order valence-corrected chi connectivity index (χ4v) is 2.92. The number of rotatable bonds is 1. The van der Waals surface area contributed by atoms with Crippen LogP contribution < -0.4 is 5.32 Å². The number of hydrogen-bond acceptors (Lipinski definition) is 5. The van der Waals surface area contributed by atoms with E-state index in [1.54, 1.807) is 0 Å². The van der Waals surface area contributed by atoms with Gasteiger partial charge in [0.1, 0.15) is 0 Å². The fraction of sp³-hybridized carbons (Fsp3) is 0.500. The Kier molecular flexibility index (Phi) is 2.26. The summed E-state index contributed by atoms with van der Waals surface area (Å²) >= 11 is 1.51. The highest BCUT2D eigenvalue weighted by Gasteiger charge is 2.27. The van der Waals surface area contributed by atoms with E-state index < -0.39 is 0 Å². The molecule has 0 radical (unpaired) electrons. The van der Waals surface area contributed by atoms with Gasteiger partial charge in [0.2, 0.25) is 0 Å². The van der Waals surface area contributed by atoms with Crippen molar-refractivity contribution in [2.75, 3.05) is 6.54 Å². The Morgan fingerprint density at radius 2 is 2.44 bits per heavy atom. The van der Waals surface area contributed by atoms with Gasteiger partial charge in [0, 0.05) is 37.3 Å². The van der Waals surface area contributed by atoms with Gasteiger partial charge in [-0.25, -0.2) is 0 Å². The number of aromatic nitrogens is 4. The first-order chi connectivity index (χ1) is 7.77. The molecule has 3 rings (SSSR count). The molecule has 6 heteroatoms. The molecule has 1 unspecified atom stereocenters. The van der Waals surface area contributed by atoms with E-state index in [4.69, 9.17) is 0 Å². The summed E-state index contributed by atoms with van der Waals surface area (Å²) in [6.07, 6.45) is 1.95. The van der Waals surface area contributed by atoms with Gasteiger partial charge in [0.15, 0.2) is 0 Å². The first kappa shape index (κ1) is 9.92. The Hall–Kier alpha value is -1.27. The Morgan fingerprint density at radius 1 is 1.56 bits per heavy atom. The van der Waals surface area contributed by atoms with Crippen LogP contribution in [-0.4, -0.2) is 25.9 Å². The summed E-state index contributed by atoms with van der Waals surface area (Å²) in [6, 6.07) is 0. The topological polar surface area (TPSA) is 55.6 Å². The third-order valence-corrected chi connectivity index (χ3v) is 4.07. The summed E-state index contributed by atoms with van der Waals surface area (Å²) in [5.41, 5.74) is 3.58. The van der Waals surface area contributed by atoms with Crippen molar-refractivity contribution < 1.29 is 0 Å². The van der Waals surface area contributed by atoms with Crippen LogP contribution in [0.25, 0.3) is 0 Å². The number of fused-ring (bicyclic) bond motifs is 1. The van der Waals surface area contributed by atoms with Crippen LogP contribution in [0.4, 0.5) is 0 Å². The Labute approximate surface area is 97.7 Å². The standard InChI is InChI=1S/C10H13N5S/c1-6-7(4-12-15(6)2)8-3-11-5-9-10(8)16-14-13-9/h4,8,11H,3,5H2,1-2H3. The van der Waals surface area contributed by atoms with E-state index in [1.807, 2.05) is 17.9 Å². The van der Waals surface area contributed by atoms with Gasteiger partial charge in [-0.15, -0.1) is 5.10 Å². The zero-order valence-electron chi connectivity index (χ0n) is 9.27. The lowest BCUT2D eigenvalue weighted by Gasteiger charge is -2.21. The molecule has 1 aliphatic heterocycles. The van der Waals surface area contributed by atoms with E-state index in [-0.39, 0.29) is 0 Å². The molecule has 1 atom stereocenters. The van der Waals surface area contributed by atoms with Crippen molar-refractivity contribution in [1.82, 2.24) is 24.7 Å². The quantitative estimate of drug-likeness (QED) is 0.795. The molecular formula is C10H13N5S. The molecule has 0 saturated heterocycles. The Balaban J connectivity index is 2.07. The van der Waals surface area contributed by atoms with Gasteiger partial charge < -0.3 is 5.32 Å². The van der Waals surface area contributed by atoms with Crippen LogP contribution >= 0.6 is 11.5 Å². The molecule has 1 N–H and O–H groups in total. The minimum atomic E-state index is 0.359. The zero-order chi connectivity index (χ0) is 11.1. The van der Waals surface area contributed by atoms with Crippen molar-refractivity contribution in [2.24, 2.45) is 7.05 Å². The largest absolute Gasteiger partial charge is 0.310 e. The molecule has 0 bridgehead atoms. The van der Waals surface area contributed by atoms with Crippen LogP contribution in [0.2, 0.25) is 0 Å². The normalized spacial score (nSPS) is 19.8. The van der Waals surface area contributed by atoms with Crippen molar-refractivity contribution >= 4 is 11.5 Å². The summed E-state index contributed by atoms with van der Waals surface area (Å²) in [6.45, 7) is 3.89. The van der Waals surface area contributed by atoms with Crippen LogP contribution in [0, 0.1) is 6.92 Å². The lowest BCUT2D eigenvalue weighted by molar-refractivity contribution is 0.585. The average molecular weight is 235 g/mol.